The molecular weight excluding hydrogens is 245 g/mol. The van der Waals surface area contributed by atoms with Gasteiger partial charge in [0.2, 0.25) is 0 Å². The van der Waals surface area contributed by atoms with Crippen LogP contribution in [0.4, 0.5) is 4.39 Å². The Hall–Kier alpha value is -2.04. The third-order valence-corrected chi connectivity index (χ3v) is 3.63. The van der Waals surface area contributed by atoms with E-state index in [0.717, 1.165) is 30.4 Å². The molecule has 0 saturated heterocycles. The molecule has 19 heavy (non-hydrogen) atoms. The van der Waals surface area contributed by atoms with E-state index < -0.39 is 0 Å². The van der Waals surface area contributed by atoms with Gasteiger partial charge in [0.25, 0.3) is 0 Å². The summed E-state index contributed by atoms with van der Waals surface area (Å²) in [7, 11) is 0. The molecule has 1 heterocycles. The Bertz CT molecular complexity index is 604. The maximum Gasteiger partial charge on any atom is 0.172 e. The lowest BCUT2D eigenvalue weighted by Gasteiger charge is -2.26. The molecule has 0 N–H and O–H groups in total. The molecular formula is C14H14FN3O. The molecule has 0 unspecified atom stereocenters. The van der Waals surface area contributed by atoms with Gasteiger partial charge in [0.15, 0.2) is 6.29 Å². The third kappa shape index (κ3) is 2.28. The fourth-order valence-corrected chi connectivity index (χ4v) is 2.44. The first-order valence-electron chi connectivity index (χ1n) is 6.41. The number of nitrogens with zero attached hydrogens (tertiary/aromatic N) is 3. The molecule has 0 bridgehead atoms. The second-order valence-electron chi connectivity index (χ2n) is 4.89. The molecule has 1 fully saturated rings. The monoisotopic (exact) mass is 259 g/mol. The van der Waals surface area contributed by atoms with Gasteiger partial charge < -0.3 is 0 Å². The van der Waals surface area contributed by atoms with E-state index in [2.05, 4.69) is 10.3 Å². The van der Waals surface area contributed by atoms with Gasteiger partial charge in [-0.3, -0.25) is 4.79 Å². The highest BCUT2D eigenvalue weighted by molar-refractivity contribution is 5.73. The Kier molecular flexibility index (Phi) is 3.11. The van der Waals surface area contributed by atoms with Gasteiger partial charge in [0.05, 0.1) is 12.2 Å². The van der Waals surface area contributed by atoms with Crippen LogP contribution in [0.5, 0.6) is 0 Å². The van der Waals surface area contributed by atoms with Crippen molar-refractivity contribution < 1.29 is 9.18 Å². The zero-order valence-electron chi connectivity index (χ0n) is 10.4. The summed E-state index contributed by atoms with van der Waals surface area (Å²) in [6.45, 7) is 0.449. The number of aldehydes is 1. The normalized spacial score (nSPS) is 15.2. The smallest absolute Gasteiger partial charge is 0.172 e. The van der Waals surface area contributed by atoms with Crippen LogP contribution in [-0.2, 0) is 6.54 Å². The number of hydrogen-bond acceptors (Lipinski definition) is 3. The highest BCUT2D eigenvalue weighted by Crippen LogP contribution is 2.37. The van der Waals surface area contributed by atoms with Crippen molar-refractivity contribution in [2.75, 3.05) is 0 Å². The Balaban J connectivity index is 1.92. The van der Waals surface area contributed by atoms with Crippen LogP contribution in [0.15, 0.2) is 24.3 Å². The number of rotatable bonds is 4. The Morgan fingerprint density at radius 1 is 1.42 bits per heavy atom. The SMILES string of the molecule is O=Cc1nnn(Cc2cccc(F)c2)c1C1CCC1. The zero-order chi connectivity index (χ0) is 13.2. The molecule has 3 rings (SSSR count). The van der Waals surface area contributed by atoms with Crippen LogP contribution in [0.25, 0.3) is 0 Å². The first kappa shape index (κ1) is 12.0. The summed E-state index contributed by atoms with van der Waals surface area (Å²) in [4.78, 5) is 11.0. The number of benzene rings is 1. The van der Waals surface area contributed by atoms with Crippen molar-refractivity contribution in [3.8, 4) is 0 Å². The van der Waals surface area contributed by atoms with Gasteiger partial charge in [-0.2, -0.15) is 0 Å². The molecule has 5 heteroatoms. The number of carbonyl (C=O) groups excluding carboxylic acids is 1. The summed E-state index contributed by atoms with van der Waals surface area (Å²) in [5.74, 6) is 0.0992. The van der Waals surface area contributed by atoms with Crippen LogP contribution >= 0.6 is 0 Å². The van der Waals surface area contributed by atoms with Crippen molar-refractivity contribution in [2.24, 2.45) is 0 Å². The molecule has 0 atom stereocenters. The number of halogens is 1. The predicted octanol–water partition coefficient (Wildman–Crippen LogP) is 2.55. The summed E-state index contributed by atoms with van der Waals surface area (Å²) in [5.41, 5.74) is 2.13. The fourth-order valence-electron chi connectivity index (χ4n) is 2.44. The van der Waals surface area contributed by atoms with E-state index in [0.29, 0.717) is 18.2 Å². The quantitative estimate of drug-likeness (QED) is 0.793. The molecule has 1 saturated carbocycles. The van der Waals surface area contributed by atoms with E-state index in [9.17, 15) is 9.18 Å². The van der Waals surface area contributed by atoms with Gasteiger partial charge in [0, 0.05) is 5.92 Å². The second-order valence-corrected chi connectivity index (χ2v) is 4.89. The number of carbonyl (C=O) groups is 1. The summed E-state index contributed by atoms with van der Waals surface area (Å²) < 4.78 is 14.9. The minimum atomic E-state index is -0.265. The van der Waals surface area contributed by atoms with E-state index in [-0.39, 0.29) is 5.82 Å². The lowest BCUT2D eigenvalue weighted by atomic mass is 9.82. The molecule has 1 aliphatic carbocycles. The molecule has 1 aromatic heterocycles. The number of aromatic nitrogens is 3. The van der Waals surface area contributed by atoms with Crippen molar-refractivity contribution in [1.29, 1.82) is 0 Å². The molecule has 0 radical (unpaired) electrons. The summed E-state index contributed by atoms with van der Waals surface area (Å²) >= 11 is 0. The molecule has 4 nitrogen and oxygen atoms in total. The summed E-state index contributed by atoms with van der Waals surface area (Å²) in [5, 5.41) is 7.94. The molecule has 0 aliphatic heterocycles. The van der Waals surface area contributed by atoms with Crippen LogP contribution in [0.2, 0.25) is 0 Å². The van der Waals surface area contributed by atoms with E-state index in [1.165, 1.54) is 18.6 Å². The van der Waals surface area contributed by atoms with Gasteiger partial charge >= 0.3 is 0 Å². The molecule has 1 aromatic carbocycles. The van der Waals surface area contributed by atoms with Crippen LogP contribution < -0.4 is 0 Å². The van der Waals surface area contributed by atoms with Gasteiger partial charge in [-0.1, -0.05) is 23.8 Å². The van der Waals surface area contributed by atoms with E-state index >= 15 is 0 Å². The van der Waals surface area contributed by atoms with Crippen molar-refractivity contribution in [1.82, 2.24) is 15.0 Å². The molecule has 2 aromatic rings. The van der Waals surface area contributed by atoms with E-state index in [1.807, 2.05) is 6.07 Å². The van der Waals surface area contributed by atoms with E-state index in [1.54, 1.807) is 10.7 Å². The summed E-state index contributed by atoms with van der Waals surface area (Å²) in [6, 6.07) is 6.41. The third-order valence-electron chi connectivity index (χ3n) is 3.63. The van der Waals surface area contributed by atoms with Gasteiger partial charge in [-0.15, -0.1) is 5.10 Å². The maximum absolute atomic E-state index is 13.2. The van der Waals surface area contributed by atoms with E-state index in [4.69, 9.17) is 0 Å². The van der Waals surface area contributed by atoms with Gasteiger partial charge in [0.1, 0.15) is 11.5 Å². The Morgan fingerprint density at radius 2 is 2.26 bits per heavy atom. The van der Waals surface area contributed by atoms with Crippen LogP contribution in [0.3, 0.4) is 0 Å². The molecule has 98 valence electrons. The molecule has 0 spiro atoms. The summed E-state index contributed by atoms with van der Waals surface area (Å²) in [6.07, 6.45) is 4.06. The van der Waals surface area contributed by atoms with Crippen molar-refractivity contribution in [3.63, 3.8) is 0 Å². The minimum absolute atomic E-state index is 0.265. The van der Waals surface area contributed by atoms with Gasteiger partial charge in [-0.25, -0.2) is 9.07 Å². The van der Waals surface area contributed by atoms with Crippen molar-refractivity contribution in [3.05, 3.63) is 47.0 Å². The maximum atomic E-state index is 13.2. The average Bonchev–Trinajstić information content (AvgIpc) is 2.70. The van der Waals surface area contributed by atoms with Crippen LogP contribution in [-0.4, -0.2) is 21.3 Å². The van der Waals surface area contributed by atoms with Crippen molar-refractivity contribution in [2.45, 2.75) is 31.7 Å². The Labute approximate surface area is 110 Å². The standard InChI is InChI=1S/C14H14FN3O/c15-12-6-1-3-10(7-12)8-18-14(11-4-2-5-11)13(9-19)16-17-18/h1,3,6-7,9,11H,2,4-5,8H2. The first-order chi connectivity index (χ1) is 9.28. The minimum Gasteiger partial charge on any atom is -0.296 e. The average molecular weight is 259 g/mol. The van der Waals surface area contributed by atoms with Gasteiger partial charge in [-0.05, 0) is 30.5 Å². The lowest BCUT2D eigenvalue weighted by molar-refractivity contribution is 0.111. The highest BCUT2D eigenvalue weighted by atomic mass is 19.1. The second kappa shape index (κ2) is 4.91. The topological polar surface area (TPSA) is 47.8 Å². The fraction of sp³-hybridized carbons (Fsp3) is 0.357. The molecule has 0 amide bonds. The van der Waals surface area contributed by atoms with Crippen LogP contribution in [0, 0.1) is 5.82 Å². The van der Waals surface area contributed by atoms with Crippen molar-refractivity contribution >= 4 is 6.29 Å². The molecule has 1 aliphatic rings. The zero-order valence-corrected chi connectivity index (χ0v) is 10.4. The lowest BCUT2D eigenvalue weighted by Crippen LogP contribution is -2.17. The highest BCUT2D eigenvalue weighted by Gasteiger charge is 2.27. The van der Waals surface area contributed by atoms with Crippen LogP contribution in [0.1, 0.15) is 46.9 Å². The number of hydrogen-bond donors (Lipinski definition) is 0. The Morgan fingerprint density at radius 3 is 2.89 bits per heavy atom. The predicted molar refractivity (Wildman–Crippen MR) is 67.5 cm³/mol. The first-order valence-corrected chi connectivity index (χ1v) is 6.41. The largest absolute Gasteiger partial charge is 0.296 e.